The lowest BCUT2D eigenvalue weighted by molar-refractivity contribution is -0.588. The fourth-order valence-electron chi connectivity index (χ4n) is 2.28. The highest BCUT2D eigenvalue weighted by Gasteiger charge is 1.94. The molecule has 0 spiro atoms. The monoisotopic (exact) mass is 311 g/mol. The minimum absolute atomic E-state index is 0.837. The summed E-state index contributed by atoms with van der Waals surface area (Å²) in [5.74, 6) is 0. The molecule has 0 atom stereocenters. The van der Waals surface area contributed by atoms with Crippen molar-refractivity contribution in [2.75, 3.05) is 19.8 Å². The van der Waals surface area contributed by atoms with Crippen molar-refractivity contribution >= 4 is 0 Å². The lowest BCUT2D eigenvalue weighted by Crippen LogP contribution is -2.78. The van der Waals surface area contributed by atoms with Gasteiger partial charge in [0.1, 0.15) is 0 Å². The van der Waals surface area contributed by atoms with Crippen LogP contribution in [0.2, 0.25) is 0 Å². The van der Waals surface area contributed by atoms with E-state index in [0.717, 1.165) is 25.5 Å². The van der Waals surface area contributed by atoms with Crippen LogP contribution >= 0.6 is 0 Å². The summed E-state index contributed by atoms with van der Waals surface area (Å²) in [6.45, 7) is 7.28. The predicted octanol–water partition coefficient (Wildman–Crippen LogP) is 3.86. The van der Waals surface area contributed by atoms with Gasteiger partial charge >= 0.3 is 0 Å². The highest BCUT2D eigenvalue weighted by molar-refractivity contribution is 5.10. The van der Waals surface area contributed by atoms with Crippen molar-refractivity contribution < 1.29 is 10.1 Å². The Labute approximate surface area is 138 Å². The number of allylic oxidation sites excluding steroid dienone is 2. The Hall–Kier alpha value is -0.800. The van der Waals surface area contributed by atoms with Crippen LogP contribution in [0.5, 0.6) is 0 Å². The summed E-state index contributed by atoms with van der Waals surface area (Å²) < 4.78 is 5.65. The van der Waals surface area contributed by atoms with Crippen molar-refractivity contribution in [1.82, 2.24) is 0 Å². The van der Waals surface area contributed by atoms with Gasteiger partial charge in [-0.15, -0.1) is 0 Å². The molecular formula is C19H39N2O+. The molecule has 0 aliphatic rings. The first-order valence-corrected chi connectivity index (χ1v) is 9.30. The van der Waals surface area contributed by atoms with Crippen LogP contribution in [0.4, 0.5) is 0 Å². The predicted molar refractivity (Wildman–Crippen MR) is 96.5 cm³/mol. The topological polar surface area (TPSA) is 51.9 Å². The molecule has 3 heteroatoms. The van der Waals surface area contributed by atoms with Crippen LogP contribution in [0.25, 0.3) is 0 Å². The van der Waals surface area contributed by atoms with Crippen molar-refractivity contribution in [1.29, 1.82) is 0 Å². The summed E-state index contributed by atoms with van der Waals surface area (Å²) in [5, 5.41) is 2.21. The molecule has 0 aromatic heterocycles. The minimum atomic E-state index is 0.837. The number of rotatable bonds is 16. The van der Waals surface area contributed by atoms with E-state index in [1.165, 1.54) is 64.2 Å². The van der Waals surface area contributed by atoms with Crippen LogP contribution in [0, 0.1) is 0 Å². The average molecular weight is 312 g/mol. The molecule has 0 amide bonds. The Morgan fingerprint density at radius 2 is 1.50 bits per heavy atom. The van der Waals surface area contributed by atoms with E-state index in [-0.39, 0.29) is 0 Å². The van der Waals surface area contributed by atoms with E-state index >= 15 is 0 Å². The van der Waals surface area contributed by atoms with Crippen molar-refractivity contribution in [3.05, 3.63) is 24.0 Å². The first kappa shape index (κ1) is 21.2. The Balaban J connectivity index is 3.07. The third-order valence-corrected chi connectivity index (χ3v) is 3.81. The molecule has 0 rings (SSSR count). The normalized spacial score (nSPS) is 12.4. The number of nitrogens with two attached hydrogens (primary N) is 2. The zero-order valence-corrected chi connectivity index (χ0v) is 15.0. The molecular weight excluding hydrogens is 272 g/mol. The van der Waals surface area contributed by atoms with Crippen molar-refractivity contribution in [3.8, 4) is 0 Å². The average Bonchev–Trinajstić information content (AvgIpc) is 2.54. The van der Waals surface area contributed by atoms with Gasteiger partial charge in [-0.3, -0.25) is 0 Å². The van der Waals surface area contributed by atoms with E-state index in [9.17, 15) is 0 Å². The van der Waals surface area contributed by atoms with Gasteiger partial charge in [-0.25, -0.2) is 0 Å². The van der Waals surface area contributed by atoms with E-state index in [1.54, 1.807) is 0 Å². The van der Waals surface area contributed by atoms with Crippen LogP contribution in [-0.2, 0) is 4.74 Å². The van der Waals surface area contributed by atoms with Gasteiger partial charge in [0.2, 0.25) is 0 Å². The number of hydrogen-bond acceptors (Lipinski definition) is 2. The summed E-state index contributed by atoms with van der Waals surface area (Å²) >= 11 is 0. The molecule has 4 N–H and O–H groups in total. The largest absolute Gasteiger partial charge is 0.399 e. The number of unbranched alkanes of at least 4 members (excludes halogenated alkanes) is 8. The van der Waals surface area contributed by atoms with E-state index in [0.29, 0.717) is 0 Å². The highest BCUT2D eigenvalue weighted by Crippen LogP contribution is 2.05. The van der Waals surface area contributed by atoms with Gasteiger partial charge in [-0.1, -0.05) is 51.5 Å². The molecule has 130 valence electrons. The SMILES string of the molecule is C/C=C(N)\C=C/[NH2+]CCCCCCCCOCCCCCC. The second-order valence-corrected chi connectivity index (χ2v) is 5.97. The molecule has 0 aliphatic heterocycles. The Kier molecular flexibility index (Phi) is 17.6. The van der Waals surface area contributed by atoms with E-state index in [2.05, 4.69) is 18.4 Å². The van der Waals surface area contributed by atoms with E-state index in [1.807, 2.05) is 19.1 Å². The second-order valence-electron chi connectivity index (χ2n) is 5.97. The molecule has 0 heterocycles. The van der Waals surface area contributed by atoms with Gasteiger partial charge in [0.25, 0.3) is 0 Å². The Morgan fingerprint density at radius 3 is 2.14 bits per heavy atom. The lowest BCUT2D eigenvalue weighted by atomic mass is 10.1. The number of hydrogen-bond donors (Lipinski definition) is 2. The molecule has 0 aromatic rings. The maximum Gasteiger partial charge on any atom is 0.0946 e. The zero-order chi connectivity index (χ0) is 16.3. The van der Waals surface area contributed by atoms with E-state index < -0.39 is 0 Å². The van der Waals surface area contributed by atoms with Crippen LogP contribution in [0.15, 0.2) is 24.0 Å². The van der Waals surface area contributed by atoms with Crippen molar-refractivity contribution in [2.45, 2.75) is 78.1 Å². The summed E-state index contributed by atoms with van der Waals surface area (Å²) in [6.07, 6.45) is 19.0. The lowest BCUT2D eigenvalue weighted by Gasteiger charge is -2.04. The van der Waals surface area contributed by atoms with Crippen LogP contribution in [0.3, 0.4) is 0 Å². The minimum Gasteiger partial charge on any atom is -0.399 e. The molecule has 0 aromatic carbocycles. The molecule has 0 saturated carbocycles. The molecule has 3 nitrogen and oxygen atoms in total. The molecule has 0 unspecified atom stereocenters. The summed E-state index contributed by atoms with van der Waals surface area (Å²) in [5.41, 5.74) is 6.51. The van der Waals surface area contributed by atoms with Crippen molar-refractivity contribution in [3.63, 3.8) is 0 Å². The maximum absolute atomic E-state index is 5.68. The molecule has 0 bridgehead atoms. The molecule has 0 saturated heterocycles. The highest BCUT2D eigenvalue weighted by atomic mass is 16.5. The molecule has 0 fully saturated rings. The van der Waals surface area contributed by atoms with Gasteiger partial charge < -0.3 is 15.8 Å². The summed E-state index contributed by atoms with van der Waals surface area (Å²) in [4.78, 5) is 0. The van der Waals surface area contributed by atoms with Crippen LogP contribution in [0.1, 0.15) is 78.1 Å². The third kappa shape index (κ3) is 17.3. The van der Waals surface area contributed by atoms with Crippen LogP contribution < -0.4 is 11.1 Å². The molecule has 0 radical (unpaired) electrons. The summed E-state index contributed by atoms with van der Waals surface area (Å²) in [7, 11) is 0. The van der Waals surface area contributed by atoms with Gasteiger partial charge in [0.15, 0.2) is 0 Å². The molecule has 22 heavy (non-hydrogen) atoms. The van der Waals surface area contributed by atoms with Crippen LogP contribution in [-0.4, -0.2) is 19.8 Å². The van der Waals surface area contributed by atoms with Gasteiger partial charge in [-0.2, -0.15) is 0 Å². The Bertz CT molecular complexity index is 275. The summed E-state index contributed by atoms with van der Waals surface area (Å²) in [6, 6.07) is 0. The first-order chi connectivity index (χ1) is 10.8. The van der Waals surface area contributed by atoms with Crippen molar-refractivity contribution in [2.24, 2.45) is 5.73 Å². The number of quaternary nitrogens is 1. The number of ether oxygens (including phenoxy) is 1. The molecule has 0 aliphatic carbocycles. The fraction of sp³-hybridized carbons (Fsp3) is 0.789. The maximum atomic E-state index is 5.68. The van der Waals surface area contributed by atoms with Gasteiger partial charge in [0.05, 0.1) is 12.7 Å². The Morgan fingerprint density at radius 1 is 0.909 bits per heavy atom. The smallest absolute Gasteiger partial charge is 0.0946 e. The van der Waals surface area contributed by atoms with Gasteiger partial charge in [0, 0.05) is 25.0 Å². The van der Waals surface area contributed by atoms with Gasteiger partial charge in [-0.05, 0) is 32.6 Å². The standard InChI is InChI=1S/C19H38N2O/c1-3-5-6-12-17-22-18-13-10-8-7-9-11-15-21-16-14-19(20)4-2/h4,14,16,21H,3,5-13,15,17-18,20H2,1-2H3/p+1/b16-14-,19-4+. The fourth-order valence-corrected chi connectivity index (χ4v) is 2.28. The first-order valence-electron chi connectivity index (χ1n) is 9.30. The zero-order valence-electron chi connectivity index (χ0n) is 15.0. The second kappa shape index (κ2) is 18.2. The quantitative estimate of drug-likeness (QED) is 0.336. The third-order valence-electron chi connectivity index (χ3n) is 3.81. The van der Waals surface area contributed by atoms with E-state index in [4.69, 9.17) is 10.5 Å².